The molecule has 1 fully saturated rings. The van der Waals surface area contributed by atoms with Crippen LogP contribution in [0.25, 0.3) is 0 Å². The minimum atomic E-state index is 0.321. The predicted octanol–water partition coefficient (Wildman–Crippen LogP) is 4.11. The molecule has 1 spiro atoms. The Hall–Kier alpha value is -0.630. The first-order chi connectivity index (χ1) is 7.27. The highest BCUT2D eigenvalue weighted by Gasteiger charge is 2.40. The molecule has 0 radical (unpaired) electrons. The monoisotopic (exact) mass is 219 g/mol. The molecular formula is C13H17NS. The van der Waals surface area contributed by atoms with Crippen molar-refractivity contribution in [2.24, 2.45) is 5.92 Å². The Balaban J connectivity index is 1.87. The third-order valence-electron chi connectivity index (χ3n) is 3.51. The van der Waals surface area contributed by atoms with E-state index in [0.717, 1.165) is 5.92 Å². The van der Waals surface area contributed by atoms with Crippen LogP contribution in [0.15, 0.2) is 29.2 Å². The van der Waals surface area contributed by atoms with Gasteiger partial charge >= 0.3 is 0 Å². The lowest BCUT2D eigenvalue weighted by atomic mass is 9.86. The van der Waals surface area contributed by atoms with Crippen LogP contribution in [-0.4, -0.2) is 4.87 Å². The van der Waals surface area contributed by atoms with Crippen molar-refractivity contribution >= 4 is 17.4 Å². The zero-order valence-electron chi connectivity index (χ0n) is 9.12. The molecule has 0 bridgehead atoms. The minimum absolute atomic E-state index is 0.321. The number of rotatable bonds is 0. The molecule has 80 valence electrons. The first-order valence-corrected chi connectivity index (χ1v) is 6.65. The quantitative estimate of drug-likeness (QED) is 0.704. The van der Waals surface area contributed by atoms with Gasteiger partial charge < -0.3 is 5.32 Å². The number of benzene rings is 1. The molecule has 1 aromatic carbocycles. The molecular weight excluding hydrogens is 202 g/mol. The molecule has 1 aliphatic carbocycles. The summed E-state index contributed by atoms with van der Waals surface area (Å²) in [7, 11) is 0. The molecule has 2 unspecified atom stereocenters. The molecule has 2 atom stereocenters. The average Bonchev–Trinajstić information content (AvgIpc) is 2.54. The summed E-state index contributed by atoms with van der Waals surface area (Å²) in [5, 5.41) is 3.74. The lowest BCUT2D eigenvalue weighted by Crippen LogP contribution is -2.36. The number of hydrogen-bond acceptors (Lipinski definition) is 2. The number of nitrogens with one attached hydrogen (secondary N) is 1. The van der Waals surface area contributed by atoms with Crippen LogP contribution in [0.3, 0.4) is 0 Å². The van der Waals surface area contributed by atoms with Crippen LogP contribution in [0.4, 0.5) is 5.69 Å². The lowest BCUT2D eigenvalue weighted by molar-refractivity contribution is 0.338. The van der Waals surface area contributed by atoms with Gasteiger partial charge in [0.15, 0.2) is 0 Å². The molecule has 1 N–H and O–H groups in total. The van der Waals surface area contributed by atoms with Crippen molar-refractivity contribution in [2.75, 3.05) is 5.32 Å². The third kappa shape index (κ3) is 1.65. The Bertz CT molecular complexity index is 350. The fraction of sp³-hybridized carbons (Fsp3) is 0.538. The fourth-order valence-corrected chi connectivity index (χ4v) is 4.42. The summed E-state index contributed by atoms with van der Waals surface area (Å²) in [4.78, 5) is 1.76. The van der Waals surface area contributed by atoms with E-state index in [1.807, 2.05) is 0 Å². The van der Waals surface area contributed by atoms with Gasteiger partial charge in [-0.25, -0.2) is 0 Å². The normalized spacial score (nSPS) is 33.8. The van der Waals surface area contributed by atoms with Crippen molar-refractivity contribution in [1.29, 1.82) is 0 Å². The molecule has 1 heterocycles. The van der Waals surface area contributed by atoms with Gasteiger partial charge in [-0.1, -0.05) is 37.2 Å². The standard InChI is InChI=1S/C13H17NS/c1-10-5-4-8-13(9-10)14-11-6-2-3-7-12(11)15-13/h2-3,6-7,10,14H,4-5,8-9H2,1H3. The van der Waals surface area contributed by atoms with E-state index < -0.39 is 0 Å². The zero-order chi connectivity index (χ0) is 10.3. The second kappa shape index (κ2) is 3.44. The molecule has 2 aliphatic rings. The molecule has 2 heteroatoms. The second-order valence-corrected chi connectivity index (χ2v) is 6.34. The SMILES string of the molecule is CC1CCCC2(C1)Nc1ccccc1S2. The molecule has 1 saturated carbocycles. The Kier molecular flexibility index (Phi) is 2.20. The Labute approximate surface area is 95.6 Å². The van der Waals surface area contributed by atoms with Crippen LogP contribution < -0.4 is 5.32 Å². The van der Waals surface area contributed by atoms with E-state index in [1.165, 1.54) is 36.3 Å². The number of para-hydroxylation sites is 1. The van der Waals surface area contributed by atoms with Crippen LogP contribution in [0.1, 0.15) is 32.6 Å². The van der Waals surface area contributed by atoms with Gasteiger partial charge in [0, 0.05) is 10.6 Å². The lowest BCUT2D eigenvalue weighted by Gasteiger charge is -2.36. The van der Waals surface area contributed by atoms with Gasteiger partial charge in [0.05, 0.1) is 4.87 Å². The Morgan fingerprint density at radius 3 is 3.07 bits per heavy atom. The van der Waals surface area contributed by atoms with Crippen molar-refractivity contribution in [2.45, 2.75) is 42.4 Å². The van der Waals surface area contributed by atoms with Gasteiger partial charge in [-0.15, -0.1) is 0 Å². The largest absolute Gasteiger partial charge is 0.369 e. The maximum Gasteiger partial charge on any atom is 0.0883 e. The highest BCUT2D eigenvalue weighted by molar-refractivity contribution is 8.01. The first-order valence-electron chi connectivity index (χ1n) is 5.84. The van der Waals surface area contributed by atoms with Crippen LogP contribution >= 0.6 is 11.8 Å². The predicted molar refractivity (Wildman–Crippen MR) is 66.3 cm³/mol. The molecule has 3 rings (SSSR count). The highest BCUT2D eigenvalue weighted by Crippen LogP contribution is 2.52. The molecule has 0 aromatic heterocycles. The van der Waals surface area contributed by atoms with Gasteiger partial charge in [0.25, 0.3) is 0 Å². The topological polar surface area (TPSA) is 12.0 Å². The summed E-state index contributed by atoms with van der Waals surface area (Å²) in [6, 6.07) is 8.70. The van der Waals surface area contributed by atoms with Gasteiger partial charge in [0.2, 0.25) is 0 Å². The highest BCUT2D eigenvalue weighted by atomic mass is 32.2. The van der Waals surface area contributed by atoms with E-state index in [9.17, 15) is 0 Å². The Morgan fingerprint density at radius 1 is 1.40 bits per heavy atom. The van der Waals surface area contributed by atoms with Crippen molar-refractivity contribution < 1.29 is 0 Å². The molecule has 1 aliphatic heterocycles. The number of thioether (sulfide) groups is 1. The summed E-state index contributed by atoms with van der Waals surface area (Å²) >= 11 is 2.05. The molecule has 1 aromatic rings. The van der Waals surface area contributed by atoms with E-state index >= 15 is 0 Å². The summed E-state index contributed by atoms with van der Waals surface area (Å²) in [6.07, 6.45) is 5.40. The Morgan fingerprint density at radius 2 is 2.27 bits per heavy atom. The minimum Gasteiger partial charge on any atom is -0.369 e. The number of hydrogen-bond donors (Lipinski definition) is 1. The van der Waals surface area contributed by atoms with Crippen LogP contribution in [0, 0.1) is 5.92 Å². The third-order valence-corrected chi connectivity index (χ3v) is 4.95. The second-order valence-electron chi connectivity index (χ2n) is 4.92. The van der Waals surface area contributed by atoms with E-state index in [2.05, 4.69) is 48.3 Å². The van der Waals surface area contributed by atoms with Crippen LogP contribution in [-0.2, 0) is 0 Å². The van der Waals surface area contributed by atoms with Crippen LogP contribution in [0.2, 0.25) is 0 Å². The van der Waals surface area contributed by atoms with Crippen molar-refractivity contribution in [3.8, 4) is 0 Å². The summed E-state index contributed by atoms with van der Waals surface area (Å²) in [5.74, 6) is 0.869. The van der Waals surface area contributed by atoms with Gasteiger partial charge in [0.1, 0.15) is 0 Å². The smallest absolute Gasteiger partial charge is 0.0883 e. The maximum atomic E-state index is 3.74. The van der Waals surface area contributed by atoms with E-state index in [-0.39, 0.29) is 0 Å². The number of fused-ring (bicyclic) bond motifs is 1. The van der Waals surface area contributed by atoms with E-state index in [0.29, 0.717) is 4.87 Å². The zero-order valence-corrected chi connectivity index (χ0v) is 9.94. The van der Waals surface area contributed by atoms with Crippen molar-refractivity contribution in [3.63, 3.8) is 0 Å². The van der Waals surface area contributed by atoms with Crippen LogP contribution in [0.5, 0.6) is 0 Å². The summed E-state index contributed by atoms with van der Waals surface area (Å²) in [5.41, 5.74) is 1.34. The van der Waals surface area contributed by atoms with E-state index in [4.69, 9.17) is 0 Å². The number of anilines is 1. The van der Waals surface area contributed by atoms with Crippen molar-refractivity contribution in [3.05, 3.63) is 24.3 Å². The van der Waals surface area contributed by atoms with Gasteiger partial charge in [-0.3, -0.25) is 0 Å². The average molecular weight is 219 g/mol. The van der Waals surface area contributed by atoms with Gasteiger partial charge in [-0.05, 0) is 37.3 Å². The molecule has 0 amide bonds. The van der Waals surface area contributed by atoms with Crippen molar-refractivity contribution in [1.82, 2.24) is 0 Å². The fourth-order valence-electron chi connectivity index (χ4n) is 2.85. The molecule has 1 nitrogen and oxygen atoms in total. The van der Waals surface area contributed by atoms with E-state index in [1.54, 1.807) is 0 Å². The summed E-state index contributed by atoms with van der Waals surface area (Å²) in [6.45, 7) is 2.38. The summed E-state index contributed by atoms with van der Waals surface area (Å²) < 4.78 is 0. The molecule has 15 heavy (non-hydrogen) atoms. The first kappa shape index (κ1) is 9.59. The maximum absolute atomic E-state index is 3.74. The van der Waals surface area contributed by atoms with Gasteiger partial charge in [-0.2, -0.15) is 0 Å². The molecule has 0 saturated heterocycles.